The molecule has 8 heteroatoms. The summed E-state index contributed by atoms with van der Waals surface area (Å²) in [6, 6.07) is 17.8. The largest absolute Gasteiger partial charge is 0.339 e. The van der Waals surface area contributed by atoms with E-state index in [1.54, 1.807) is 17.0 Å². The summed E-state index contributed by atoms with van der Waals surface area (Å²) in [6.45, 7) is 2.50. The molecule has 0 radical (unpaired) electrons. The molecule has 3 aromatic carbocycles. The van der Waals surface area contributed by atoms with Crippen LogP contribution >= 0.6 is 23.4 Å². The lowest BCUT2D eigenvalue weighted by molar-refractivity contribution is 0.0985. The average molecular weight is 466 g/mol. The van der Waals surface area contributed by atoms with Crippen molar-refractivity contribution in [3.8, 4) is 11.4 Å². The first kappa shape index (κ1) is 20.7. The van der Waals surface area contributed by atoms with Crippen molar-refractivity contribution in [3.05, 3.63) is 88.5 Å². The monoisotopic (exact) mass is 465 g/mol. The molecule has 0 aliphatic carbocycles. The van der Waals surface area contributed by atoms with Gasteiger partial charge in [0.2, 0.25) is 11.7 Å². The molecule has 0 saturated heterocycles. The molecular weight excluding hydrogens is 449 g/mol. The summed E-state index contributed by atoms with van der Waals surface area (Å²) < 4.78 is 19.5. The van der Waals surface area contributed by atoms with Crippen LogP contribution in [0.3, 0.4) is 0 Å². The predicted molar refractivity (Wildman–Crippen MR) is 122 cm³/mol. The number of aromatic nitrogens is 2. The number of carbonyl (C=O) groups is 1. The molecule has 0 bridgehead atoms. The SMILES string of the molecule is CCN1C(=O)c2ccccc2Sc2cc(-c3noc(Cc4c(F)cccc4Cl)n3)ccc21. The second kappa shape index (κ2) is 8.41. The van der Waals surface area contributed by atoms with E-state index in [-0.39, 0.29) is 18.2 Å². The third kappa shape index (κ3) is 3.67. The summed E-state index contributed by atoms with van der Waals surface area (Å²) in [4.78, 5) is 21.1. The van der Waals surface area contributed by atoms with Gasteiger partial charge < -0.3 is 9.42 Å². The zero-order chi connectivity index (χ0) is 22.2. The Morgan fingerprint density at radius 3 is 2.75 bits per heavy atom. The summed E-state index contributed by atoms with van der Waals surface area (Å²) in [6.07, 6.45) is 0.101. The molecule has 4 aromatic rings. The smallest absolute Gasteiger partial charge is 0.259 e. The van der Waals surface area contributed by atoms with E-state index in [9.17, 15) is 9.18 Å². The molecule has 2 heterocycles. The van der Waals surface area contributed by atoms with Gasteiger partial charge in [-0.2, -0.15) is 4.98 Å². The lowest BCUT2D eigenvalue weighted by Gasteiger charge is -2.21. The second-order valence-electron chi connectivity index (χ2n) is 7.22. The Balaban J connectivity index is 1.50. The zero-order valence-corrected chi connectivity index (χ0v) is 18.6. The molecule has 0 N–H and O–H groups in total. The summed E-state index contributed by atoms with van der Waals surface area (Å²) in [5.74, 6) is 0.223. The van der Waals surface area contributed by atoms with Crippen LogP contribution in [0.25, 0.3) is 11.4 Å². The molecule has 0 saturated carbocycles. The van der Waals surface area contributed by atoms with Crippen molar-refractivity contribution in [3.63, 3.8) is 0 Å². The highest BCUT2D eigenvalue weighted by Gasteiger charge is 2.26. The number of anilines is 1. The molecule has 0 fully saturated rings. The molecule has 1 aliphatic rings. The fraction of sp³-hybridized carbons (Fsp3) is 0.125. The van der Waals surface area contributed by atoms with Gasteiger partial charge in [-0.1, -0.05) is 46.7 Å². The topological polar surface area (TPSA) is 59.2 Å². The van der Waals surface area contributed by atoms with Gasteiger partial charge in [0.1, 0.15) is 5.82 Å². The third-order valence-corrected chi connectivity index (χ3v) is 6.74. The van der Waals surface area contributed by atoms with Crippen LogP contribution < -0.4 is 4.90 Å². The van der Waals surface area contributed by atoms with Crippen LogP contribution in [0, 0.1) is 5.82 Å². The molecule has 0 spiro atoms. The quantitative estimate of drug-likeness (QED) is 0.356. The minimum Gasteiger partial charge on any atom is -0.339 e. The van der Waals surface area contributed by atoms with E-state index in [0.29, 0.717) is 28.5 Å². The van der Waals surface area contributed by atoms with Crippen molar-refractivity contribution in [1.29, 1.82) is 0 Å². The molecule has 32 heavy (non-hydrogen) atoms. The number of halogens is 2. The minimum absolute atomic E-state index is 0.0225. The van der Waals surface area contributed by atoms with Crippen LogP contribution in [0.15, 0.2) is 75.0 Å². The number of carbonyl (C=O) groups excluding carboxylic acids is 1. The Hall–Kier alpha value is -3.16. The molecule has 1 amide bonds. The Morgan fingerprint density at radius 2 is 1.94 bits per heavy atom. The van der Waals surface area contributed by atoms with E-state index >= 15 is 0 Å². The van der Waals surface area contributed by atoms with Crippen molar-refractivity contribution >= 4 is 35.0 Å². The van der Waals surface area contributed by atoms with Gasteiger partial charge in [0.25, 0.3) is 5.91 Å². The standard InChI is InChI=1S/C24H17ClFN3O2S/c1-2-29-19-11-10-14(12-21(19)32-20-9-4-3-6-15(20)24(29)30)23-27-22(31-28-23)13-16-17(25)7-5-8-18(16)26/h3-12H,2,13H2,1H3. The summed E-state index contributed by atoms with van der Waals surface area (Å²) in [5.41, 5.74) is 2.58. The van der Waals surface area contributed by atoms with Gasteiger partial charge in [-0.3, -0.25) is 4.79 Å². The van der Waals surface area contributed by atoms with Crippen LogP contribution in [0.5, 0.6) is 0 Å². The lowest BCUT2D eigenvalue weighted by atomic mass is 10.1. The lowest BCUT2D eigenvalue weighted by Crippen LogP contribution is -2.30. The number of hydrogen-bond donors (Lipinski definition) is 0. The van der Waals surface area contributed by atoms with Gasteiger partial charge in [-0.15, -0.1) is 0 Å². The Bertz CT molecular complexity index is 1320. The number of nitrogens with zero attached hydrogens (tertiary/aromatic N) is 3. The van der Waals surface area contributed by atoms with Gasteiger partial charge in [0.15, 0.2) is 0 Å². The van der Waals surface area contributed by atoms with Gasteiger partial charge >= 0.3 is 0 Å². The highest BCUT2D eigenvalue weighted by atomic mass is 35.5. The fourth-order valence-electron chi connectivity index (χ4n) is 3.67. The molecule has 0 atom stereocenters. The maximum atomic E-state index is 14.1. The van der Waals surface area contributed by atoms with Gasteiger partial charge in [-0.05, 0) is 49.4 Å². The Labute approximate surface area is 193 Å². The van der Waals surface area contributed by atoms with Crippen LogP contribution in [0.4, 0.5) is 10.1 Å². The van der Waals surface area contributed by atoms with Crippen LogP contribution in [-0.4, -0.2) is 22.6 Å². The fourth-order valence-corrected chi connectivity index (χ4v) is 5.02. The number of rotatable bonds is 4. The van der Waals surface area contributed by atoms with Gasteiger partial charge in [-0.25, -0.2) is 4.39 Å². The second-order valence-corrected chi connectivity index (χ2v) is 8.71. The van der Waals surface area contributed by atoms with E-state index in [0.717, 1.165) is 21.0 Å². The van der Waals surface area contributed by atoms with E-state index in [2.05, 4.69) is 10.1 Å². The summed E-state index contributed by atoms with van der Waals surface area (Å²) in [5, 5.41) is 4.39. The number of hydrogen-bond acceptors (Lipinski definition) is 5. The predicted octanol–water partition coefficient (Wildman–Crippen LogP) is 6.25. The van der Waals surface area contributed by atoms with Gasteiger partial charge in [0.05, 0.1) is 17.7 Å². The maximum absolute atomic E-state index is 14.1. The number of benzene rings is 3. The molecule has 5 nitrogen and oxygen atoms in total. The first-order valence-corrected chi connectivity index (χ1v) is 11.2. The average Bonchev–Trinajstić information content (AvgIpc) is 3.22. The van der Waals surface area contributed by atoms with E-state index in [4.69, 9.17) is 16.1 Å². The zero-order valence-electron chi connectivity index (χ0n) is 17.0. The maximum Gasteiger partial charge on any atom is 0.259 e. The van der Waals surface area contributed by atoms with E-state index in [1.807, 2.05) is 49.4 Å². The van der Waals surface area contributed by atoms with Crippen molar-refractivity contribution in [2.75, 3.05) is 11.4 Å². The van der Waals surface area contributed by atoms with Crippen molar-refractivity contribution in [1.82, 2.24) is 10.1 Å². The minimum atomic E-state index is -0.415. The highest BCUT2D eigenvalue weighted by Crippen LogP contribution is 2.42. The van der Waals surface area contributed by atoms with Gasteiger partial charge in [0, 0.05) is 32.5 Å². The molecular formula is C24H17ClFN3O2S. The normalized spacial score (nSPS) is 13.0. The van der Waals surface area contributed by atoms with Crippen molar-refractivity contribution in [2.24, 2.45) is 0 Å². The molecule has 1 aromatic heterocycles. The number of fused-ring (bicyclic) bond motifs is 2. The highest BCUT2D eigenvalue weighted by molar-refractivity contribution is 7.99. The van der Waals surface area contributed by atoms with Crippen molar-refractivity contribution < 1.29 is 13.7 Å². The van der Waals surface area contributed by atoms with Crippen LogP contribution in [-0.2, 0) is 6.42 Å². The number of amides is 1. The molecule has 1 aliphatic heterocycles. The van der Waals surface area contributed by atoms with Crippen molar-refractivity contribution in [2.45, 2.75) is 23.1 Å². The third-order valence-electron chi connectivity index (χ3n) is 5.27. The molecule has 5 rings (SSSR count). The van der Waals surface area contributed by atoms with E-state index < -0.39 is 5.82 Å². The first-order chi connectivity index (χ1) is 15.5. The van der Waals surface area contributed by atoms with Crippen LogP contribution in [0.2, 0.25) is 5.02 Å². The summed E-state index contributed by atoms with van der Waals surface area (Å²) >= 11 is 7.65. The van der Waals surface area contributed by atoms with E-state index in [1.165, 1.54) is 17.8 Å². The summed E-state index contributed by atoms with van der Waals surface area (Å²) in [7, 11) is 0. The molecule has 0 unspecified atom stereocenters. The first-order valence-electron chi connectivity index (χ1n) is 10.0. The molecule has 160 valence electrons. The Kier molecular flexibility index (Phi) is 5.45. The van der Waals surface area contributed by atoms with Crippen LogP contribution in [0.1, 0.15) is 28.7 Å². The Morgan fingerprint density at radius 1 is 1.09 bits per heavy atom.